The number of likely N-dealkylation sites (tertiary alicyclic amines) is 1. The Balaban J connectivity index is 1.79. The summed E-state index contributed by atoms with van der Waals surface area (Å²) in [6.45, 7) is 16.6. The average molecular weight is 848 g/mol. The highest BCUT2D eigenvalue weighted by Crippen LogP contribution is 2.31. The lowest BCUT2D eigenvalue weighted by atomic mass is 9.85. The molecule has 2 N–H and O–H groups in total. The predicted molar refractivity (Wildman–Crippen MR) is 241 cm³/mol. The molecule has 0 saturated carbocycles. The number of likely N-dealkylation sites (N-methyl/N-ethyl adjacent to an activating group) is 2. The van der Waals surface area contributed by atoms with Gasteiger partial charge in [-0.2, -0.15) is 0 Å². The molecule has 9 atom stereocenters. The van der Waals surface area contributed by atoms with Crippen LogP contribution in [0, 0.1) is 36.5 Å². The molecule has 0 radical (unpaired) electrons. The van der Waals surface area contributed by atoms with Crippen molar-refractivity contribution in [2.75, 3.05) is 41.9 Å². The monoisotopic (exact) mass is 848 g/mol. The molecule has 61 heavy (non-hydrogen) atoms. The molecule has 1 aliphatic rings. The maximum atomic E-state index is 14.4. The Morgan fingerprint density at radius 1 is 0.820 bits per heavy atom. The highest BCUT2D eigenvalue weighted by molar-refractivity contribution is 5.90. The van der Waals surface area contributed by atoms with Gasteiger partial charge in [-0.1, -0.05) is 115 Å². The van der Waals surface area contributed by atoms with Crippen molar-refractivity contribution in [1.82, 2.24) is 25.3 Å². The van der Waals surface area contributed by atoms with Crippen LogP contribution in [0.1, 0.15) is 97.3 Å². The zero-order valence-corrected chi connectivity index (χ0v) is 39.4. The molecule has 3 rings (SSSR count). The van der Waals surface area contributed by atoms with E-state index in [9.17, 15) is 24.0 Å². The Morgan fingerprint density at radius 2 is 1.46 bits per heavy atom. The Morgan fingerprint density at radius 3 is 2.00 bits per heavy atom. The van der Waals surface area contributed by atoms with Gasteiger partial charge in [-0.15, -0.1) is 0 Å². The maximum Gasteiger partial charge on any atom is 0.245 e. The van der Waals surface area contributed by atoms with Gasteiger partial charge in [-0.3, -0.25) is 28.9 Å². The first-order valence-corrected chi connectivity index (χ1v) is 22.3. The fourth-order valence-electron chi connectivity index (χ4n) is 9.07. The molecule has 2 aromatic rings. The van der Waals surface area contributed by atoms with Crippen LogP contribution in [-0.4, -0.2) is 122 Å². The van der Waals surface area contributed by atoms with Crippen LogP contribution >= 0.6 is 0 Å². The Bertz CT molecular complexity index is 1690. The van der Waals surface area contributed by atoms with Gasteiger partial charge in [0.2, 0.25) is 23.6 Å². The zero-order chi connectivity index (χ0) is 45.6. The van der Waals surface area contributed by atoms with Gasteiger partial charge in [0.05, 0.1) is 36.8 Å². The van der Waals surface area contributed by atoms with Gasteiger partial charge in [-0.05, 0) is 69.2 Å². The number of carbonyl (C=O) groups is 5. The SMILES string of the molecule is CC[C@H](C)[C@@H]([C@@H](CC(=O)N1CCC[C@H]1[C@H](OC)[C@@H](C)C(=O)C[C@H](Cc1ccccc1)C(=O)NCc1ccc(C)cc1)OC)N(C)C(=O)[C@@H](NC(=O)[C@H](C(C)C)N(C)C)C(C)C. The number of Topliss-reactive ketones (excluding diaryl/α,β-unsaturated/α-hetero) is 1. The first-order valence-electron chi connectivity index (χ1n) is 22.3. The molecule has 0 aliphatic carbocycles. The van der Waals surface area contributed by atoms with Gasteiger partial charge < -0.3 is 29.9 Å². The highest BCUT2D eigenvalue weighted by atomic mass is 16.5. The van der Waals surface area contributed by atoms with Crippen molar-refractivity contribution in [3.8, 4) is 0 Å². The summed E-state index contributed by atoms with van der Waals surface area (Å²) in [4.78, 5) is 75.5. The van der Waals surface area contributed by atoms with E-state index in [-0.39, 0.29) is 66.0 Å². The van der Waals surface area contributed by atoms with Crippen LogP contribution in [0.25, 0.3) is 0 Å². The van der Waals surface area contributed by atoms with E-state index in [1.165, 1.54) is 0 Å². The smallest absolute Gasteiger partial charge is 0.245 e. The van der Waals surface area contributed by atoms with E-state index in [1.54, 1.807) is 26.2 Å². The van der Waals surface area contributed by atoms with Crippen LogP contribution in [0.4, 0.5) is 0 Å². The van der Waals surface area contributed by atoms with E-state index in [0.717, 1.165) is 29.5 Å². The number of ether oxygens (including phenoxy) is 2. The van der Waals surface area contributed by atoms with Crippen LogP contribution in [-0.2, 0) is 46.4 Å². The normalized spacial score (nSPS) is 18.2. The molecule has 12 nitrogen and oxygen atoms in total. The van der Waals surface area contributed by atoms with Crippen LogP contribution in [0.3, 0.4) is 0 Å². The molecule has 4 amide bonds. The third-order valence-corrected chi connectivity index (χ3v) is 12.8. The lowest BCUT2D eigenvalue weighted by molar-refractivity contribution is -0.148. The first-order chi connectivity index (χ1) is 28.9. The Kier molecular flexibility index (Phi) is 20.6. The molecular weight excluding hydrogens is 771 g/mol. The van der Waals surface area contributed by atoms with Gasteiger partial charge in [0.15, 0.2) is 0 Å². The topological polar surface area (TPSA) is 138 Å². The summed E-state index contributed by atoms with van der Waals surface area (Å²) in [6.07, 6.45) is 1.39. The summed E-state index contributed by atoms with van der Waals surface area (Å²) < 4.78 is 12.1. The van der Waals surface area contributed by atoms with Crippen molar-refractivity contribution in [3.05, 3.63) is 71.3 Å². The van der Waals surface area contributed by atoms with Gasteiger partial charge in [0.1, 0.15) is 11.8 Å². The number of nitrogens with one attached hydrogen (secondary N) is 2. The molecule has 2 aromatic carbocycles. The number of methoxy groups -OCH3 is 2. The lowest BCUT2D eigenvalue weighted by Crippen LogP contribution is -2.59. The quantitative estimate of drug-likeness (QED) is 0.130. The molecule has 1 heterocycles. The fourth-order valence-corrected chi connectivity index (χ4v) is 9.07. The molecular formula is C49H77N5O7. The van der Waals surface area contributed by atoms with E-state index in [1.807, 2.05) is 127 Å². The number of benzene rings is 2. The van der Waals surface area contributed by atoms with Crippen molar-refractivity contribution in [3.63, 3.8) is 0 Å². The molecule has 1 aliphatic heterocycles. The standard InChI is InChI=1S/C49H77N5O7/c1-14-34(7)45(53(11)49(59)43(31(2)3)51-48(58)44(32(4)5)52(9)10)41(60-12)29-42(56)54-26-18-21-39(54)46(61-13)35(8)40(55)28-38(27-36-19-16-15-17-20-36)47(57)50-30-37-24-22-33(6)23-25-37/h15-17,19-20,22-25,31-32,34-35,38-39,41,43-46H,14,18,21,26-30H2,1-13H3,(H,50,57)(H,51,58)/t34-,35-,38-,39-,41+,43-,44-,45-,46+/m0/s1. The van der Waals surface area contributed by atoms with Crippen LogP contribution in [0.15, 0.2) is 54.6 Å². The van der Waals surface area contributed by atoms with E-state index in [2.05, 4.69) is 17.6 Å². The summed E-state index contributed by atoms with van der Waals surface area (Å²) in [5.74, 6) is -2.20. The molecule has 0 spiro atoms. The summed E-state index contributed by atoms with van der Waals surface area (Å²) in [5, 5.41) is 6.11. The van der Waals surface area contributed by atoms with E-state index in [4.69, 9.17) is 9.47 Å². The third-order valence-electron chi connectivity index (χ3n) is 12.8. The van der Waals surface area contributed by atoms with Crippen molar-refractivity contribution >= 4 is 29.4 Å². The second kappa shape index (κ2) is 24.5. The maximum absolute atomic E-state index is 14.4. The second-order valence-electron chi connectivity index (χ2n) is 18.2. The summed E-state index contributed by atoms with van der Waals surface area (Å²) in [5.41, 5.74) is 3.09. The van der Waals surface area contributed by atoms with Crippen LogP contribution in [0.5, 0.6) is 0 Å². The number of ketones is 1. The Labute approximate surface area is 366 Å². The third kappa shape index (κ3) is 14.2. The van der Waals surface area contributed by atoms with Gasteiger partial charge in [0.25, 0.3) is 0 Å². The number of amides is 4. The predicted octanol–water partition coefficient (Wildman–Crippen LogP) is 6.08. The number of rotatable bonds is 24. The number of hydrogen-bond acceptors (Lipinski definition) is 8. The molecule has 1 fully saturated rings. The summed E-state index contributed by atoms with van der Waals surface area (Å²) in [6, 6.07) is 15.7. The molecule has 0 unspecified atom stereocenters. The second-order valence-corrected chi connectivity index (χ2v) is 18.2. The molecule has 340 valence electrons. The minimum Gasteiger partial charge on any atom is -0.379 e. The number of hydrogen-bond donors (Lipinski definition) is 2. The molecule has 0 bridgehead atoms. The molecule has 1 saturated heterocycles. The number of nitrogens with zero attached hydrogens (tertiary/aromatic N) is 3. The van der Waals surface area contributed by atoms with E-state index in [0.29, 0.717) is 25.9 Å². The molecule has 12 heteroatoms. The largest absolute Gasteiger partial charge is 0.379 e. The minimum atomic E-state index is -0.769. The van der Waals surface area contributed by atoms with Gasteiger partial charge in [-0.25, -0.2) is 0 Å². The van der Waals surface area contributed by atoms with Crippen molar-refractivity contribution in [1.29, 1.82) is 0 Å². The first kappa shape index (κ1) is 51.2. The minimum absolute atomic E-state index is 0.0213. The Hall–Kier alpha value is -4.13. The van der Waals surface area contributed by atoms with Crippen molar-refractivity contribution in [2.24, 2.45) is 29.6 Å². The van der Waals surface area contributed by atoms with Gasteiger partial charge in [0, 0.05) is 52.6 Å². The summed E-state index contributed by atoms with van der Waals surface area (Å²) in [7, 11) is 8.61. The van der Waals surface area contributed by atoms with E-state index >= 15 is 0 Å². The lowest BCUT2D eigenvalue weighted by Gasteiger charge is -2.41. The van der Waals surface area contributed by atoms with Gasteiger partial charge >= 0.3 is 0 Å². The van der Waals surface area contributed by atoms with Crippen molar-refractivity contribution < 1.29 is 33.4 Å². The highest BCUT2D eigenvalue weighted by Gasteiger charge is 2.43. The fraction of sp³-hybridized carbons (Fsp3) is 0.653. The van der Waals surface area contributed by atoms with Crippen LogP contribution in [0.2, 0.25) is 0 Å². The molecule has 0 aromatic heterocycles. The van der Waals surface area contributed by atoms with Crippen molar-refractivity contribution in [2.45, 2.75) is 137 Å². The summed E-state index contributed by atoms with van der Waals surface area (Å²) >= 11 is 0. The number of carbonyl (C=O) groups excluding carboxylic acids is 5. The average Bonchev–Trinajstić information content (AvgIpc) is 3.71. The number of aryl methyl sites for hydroxylation is 1. The zero-order valence-electron chi connectivity index (χ0n) is 39.4. The van der Waals surface area contributed by atoms with E-state index < -0.39 is 42.2 Å². The van der Waals surface area contributed by atoms with Crippen LogP contribution < -0.4 is 10.6 Å².